The molecular weight excluding hydrogens is 346 g/mol. The Hall–Kier alpha value is -3.12. The van der Waals surface area contributed by atoms with Crippen molar-refractivity contribution in [3.8, 4) is 11.3 Å². The summed E-state index contributed by atoms with van der Waals surface area (Å²) in [6.45, 7) is 1.92. The lowest BCUT2D eigenvalue weighted by Crippen LogP contribution is -2.12. The molecule has 0 aliphatic rings. The predicted octanol–water partition coefficient (Wildman–Crippen LogP) is 4.34. The summed E-state index contributed by atoms with van der Waals surface area (Å²) in [6, 6.07) is 21.9. The van der Waals surface area contributed by atoms with E-state index in [-0.39, 0.29) is 4.90 Å². The van der Waals surface area contributed by atoms with E-state index in [0.29, 0.717) is 5.69 Å². The molecule has 0 fully saturated rings. The van der Waals surface area contributed by atoms with Gasteiger partial charge in [0.2, 0.25) is 0 Å². The lowest BCUT2D eigenvalue weighted by Gasteiger charge is -2.09. The topological polar surface area (TPSA) is 74.8 Å². The van der Waals surface area contributed by atoms with E-state index in [1.165, 1.54) is 0 Å². The van der Waals surface area contributed by atoms with Gasteiger partial charge in [-0.3, -0.25) is 9.82 Å². The predicted molar refractivity (Wildman–Crippen MR) is 104 cm³/mol. The van der Waals surface area contributed by atoms with Gasteiger partial charge in [0.1, 0.15) is 0 Å². The van der Waals surface area contributed by atoms with Crippen LogP contribution in [-0.4, -0.2) is 18.6 Å². The first-order valence-corrected chi connectivity index (χ1v) is 9.64. The summed E-state index contributed by atoms with van der Waals surface area (Å²) in [5, 5.41) is 8.22. The molecule has 0 unspecified atom stereocenters. The van der Waals surface area contributed by atoms with Crippen LogP contribution >= 0.6 is 0 Å². The molecule has 0 aliphatic carbocycles. The number of rotatable bonds is 4. The molecule has 1 aromatic heterocycles. The molecule has 3 aromatic carbocycles. The van der Waals surface area contributed by atoms with Gasteiger partial charge in [-0.15, -0.1) is 0 Å². The third-order valence-corrected chi connectivity index (χ3v) is 5.59. The number of aromatic amines is 1. The molecule has 0 atom stereocenters. The van der Waals surface area contributed by atoms with Crippen LogP contribution < -0.4 is 4.72 Å². The fourth-order valence-electron chi connectivity index (χ4n) is 2.83. The molecule has 0 aliphatic heterocycles. The van der Waals surface area contributed by atoms with E-state index < -0.39 is 10.0 Å². The lowest BCUT2D eigenvalue weighted by molar-refractivity contribution is 0.601. The van der Waals surface area contributed by atoms with Gasteiger partial charge in [-0.1, -0.05) is 48.0 Å². The Labute approximate surface area is 151 Å². The Bertz CT molecular complexity index is 1160. The minimum Gasteiger partial charge on any atom is -0.280 e. The maximum absolute atomic E-state index is 12.6. The second kappa shape index (κ2) is 6.31. The lowest BCUT2D eigenvalue weighted by atomic mass is 10.1. The zero-order valence-electron chi connectivity index (χ0n) is 14.1. The van der Waals surface area contributed by atoms with Gasteiger partial charge in [0, 0.05) is 16.6 Å². The smallest absolute Gasteiger partial charge is 0.261 e. The Balaban J connectivity index is 1.72. The number of hydrogen-bond acceptors (Lipinski definition) is 3. The van der Waals surface area contributed by atoms with E-state index in [1.54, 1.807) is 36.4 Å². The average molecular weight is 363 g/mol. The van der Waals surface area contributed by atoms with Crippen molar-refractivity contribution in [1.82, 2.24) is 10.2 Å². The van der Waals surface area contributed by atoms with Gasteiger partial charge in [0.05, 0.1) is 16.1 Å². The molecule has 0 bridgehead atoms. The molecule has 4 rings (SSSR count). The first-order chi connectivity index (χ1) is 12.5. The molecule has 6 heteroatoms. The van der Waals surface area contributed by atoms with Gasteiger partial charge >= 0.3 is 0 Å². The third-order valence-electron chi connectivity index (χ3n) is 4.19. The van der Waals surface area contributed by atoms with E-state index in [9.17, 15) is 8.42 Å². The molecule has 0 spiro atoms. The number of benzene rings is 3. The number of fused-ring (bicyclic) bond motifs is 1. The first-order valence-electron chi connectivity index (χ1n) is 8.16. The summed E-state index contributed by atoms with van der Waals surface area (Å²) in [4.78, 5) is 0.235. The van der Waals surface area contributed by atoms with Crippen LogP contribution in [0.2, 0.25) is 0 Å². The number of nitrogens with zero attached hydrogens (tertiary/aromatic N) is 1. The SMILES string of the molecule is Cc1ccc(S(=O)(=O)Nc2ccc3[nH]nc(-c4ccccc4)c3c2)cc1. The van der Waals surface area contributed by atoms with Crippen LogP contribution in [0.15, 0.2) is 77.7 Å². The van der Waals surface area contributed by atoms with Crippen molar-refractivity contribution < 1.29 is 8.42 Å². The molecule has 26 heavy (non-hydrogen) atoms. The van der Waals surface area contributed by atoms with Crippen LogP contribution in [0.5, 0.6) is 0 Å². The molecule has 0 radical (unpaired) electrons. The standard InChI is InChI=1S/C20H17N3O2S/c1-14-7-10-17(11-8-14)26(24,25)23-16-9-12-19-18(13-16)20(22-21-19)15-5-3-2-4-6-15/h2-13,23H,1H3,(H,21,22). The summed E-state index contributed by atoms with van der Waals surface area (Å²) < 4.78 is 27.9. The highest BCUT2D eigenvalue weighted by molar-refractivity contribution is 7.92. The van der Waals surface area contributed by atoms with Crippen LogP contribution in [0.3, 0.4) is 0 Å². The van der Waals surface area contributed by atoms with Crippen LogP contribution in [0.4, 0.5) is 5.69 Å². The van der Waals surface area contributed by atoms with Crippen LogP contribution in [-0.2, 0) is 10.0 Å². The van der Waals surface area contributed by atoms with Crippen LogP contribution in [0.1, 0.15) is 5.56 Å². The number of H-pyrrole nitrogens is 1. The van der Waals surface area contributed by atoms with Gasteiger partial charge in [-0.25, -0.2) is 8.42 Å². The average Bonchev–Trinajstić information content (AvgIpc) is 3.06. The molecular formula is C20H17N3O2S. The normalized spacial score (nSPS) is 11.6. The van der Waals surface area contributed by atoms with Crippen LogP contribution in [0, 0.1) is 6.92 Å². The summed E-state index contributed by atoms with van der Waals surface area (Å²) in [5.41, 5.74) is 4.12. The molecule has 4 aromatic rings. The number of anilines is 1. The van der Waals surface area contributed by atoms with E-state index >= 15 is 0 Å². The summed E-state index contributed by atoms with van der Waals surface area (Å²) >= 11 is 0. The largest absolute Gasteiger partial charge is 0.280 e. The van der Waals surface area contributed by atoms with Crippen molar-refractivity contribution in [2.24, 2.45) is 0 Å². The number of aromatic nitrogens is 2. The molecule has 1 heterocycles. The van der Waals surface area contributed by atoms with Crippen molar-refractivity contribution in [2.45, 2.75) is 11.8 Å². The van der Waals surface area contributed by atoms with Crippen molar-refractivity contribution in [2.75, 3.05) is 4.72 Å². The van der Waals surface area contributed by atoms with Crippen molar-refractivity contribution in [3.63, 3.8) is 0 Å². The highest BCUT2D eigenvalue weighted by atomic mass is 32.2. The quantitative estimate of drug-likeness (QED) is 0.566. The van der Waals surface area contributed by atoms with Crippen LogP contribution in [0.25, 0.3) is 22.2 Å². The fourth-order valence-corrected chi connectivity index (χ4v) is 3.87. The van der Waals surface area contributed by atoms with Crippen molar-refractivity contribution in [1.29, 1.82) is 0 Å². The zero-order valence-corrected chi connectivity index (χ0v) is 14.9. The molecule has 130 valence electrons. The van der Waals surface area contributed by atoms with Gasteiger partial charge in [-0.2, -0.15) is 5.10 Å². The highest BCUT2D eigenvalue weighted by Crippen LogP contribution is 2.29. The maximum Gasteiger partial charge on any atom is 0.261 e. The maximum atomic E-state index is 12.6. The Morgan fingerprint density at radius 1 is 0.923 bits per heavy atom. The zero-order chi connectivity index (χ0) is 18.1. The summed E-state index contributed by atoms with van der Waals surface area (Å²) in [6.07, 6.45) is 0. The minimum atomic E-state index is -3.64. The second-order valence-electron chi connectivity index (χ2n) is 6.12. The third kappa shape index (κ3) is 3.07. The molecule has 0 saturated carbocycles. The Morgan fingerprint density at radius 3 is 2.38 bits per heavy atom. The van der Waals surface area contributed by atoms with E-state index in [0.717, 1.165) is 27.7 Å². The Morgan fingerprint density at radius 2 is 1.65 bits per heavy atom. The molecule has 2 N–H and O–H groups in total. The molecule has 0 saturated heterocycles. The second-order valence-corrected chi connectivity index (χ2v) is 7.80. The highest BCUT2D eigenvalue weighted by Gasteiger charge is 2.15. The van der Waals surface area contributed by atoms with E-state index in [2.05, 4.69) is 14.9 Å². The Kier molecular flexibility index (Phi) is 3.97. The van der Waals surface area contributed by atoms with Gasteiger partial charge in [-0.05, 0) is 37.3 Å². The first kappa shape index (κ1) is 16.4. The number of sulfonamides is 1. The minimum absolute atomic E-state index is 0.235. The molecule has 5 nitrogen and oxygen atoms in total. The fraction of sp³-hybridized carbons (Fsp3) is 0.0500. The number of aryl methyl sites for hydroxylation is 1. The number of nitrogens with one attached hydrogen (secondary N) is 2. The summed E-state index contributed by atoms with van der Waals surface area (Å²) in [5.74, 6) is 0. The van der Waals surface area contributed by atoms with Crippen molar-refractivity contribution in [3.05, 3.63) is 78.4 Å². The van der Waals surface area contributed by atoms with Gasteiger partial charge in [0.25, 0.3) is 10.0 Å². The van der Waals surface area contributed by atoms with Crippen molar-refractivity contribution >= 4 is 26.6 Å². The summed E-state index contributed by atoms with van der Waals surface area (Å²) in [7, 11) is -3.64. The van der Waals surface area contributed by atoms with E-state index in [1.807, 2.05) is 43.3 Å². The van der Waals surface area contributed by atoms with Gasteiger partial charge < -0.3 is 0 Å². The molecule has 0 amide bonds. The monoisotopic (exact) mass is 363 g/mol. The van der Waals surface area contributed by atoms with E-state index in [4.69, 9.17) is 0 Å². The van der Waals surface area contributed by atoms with Gasteiger partial charge in [0.15, 0.2) is 0 Å². The number of hydrogen-bond donors (Lipinski definition) is 2.